The number of aldehydes is 1. The van der Waals surface area contributed by atoms with Crippen LogP contribution in [0.4, 0.5) is 0 Å². The smallest absolute Gasteiger partial charge is 0.253 e. The third kappa shape index (κ3) is 6.24. The topological polar surface area (TPSA) is 82.2 Å². The van der Waals surface area contributed by atoms with Crippen LogP contribution >= 0.6 is 0 Å². The van der Waals surface area contributed by atoms with Gasteiger partial charge in [0.15, 0.2) is 12.4 Å². The van der Waals surface area contributed by atoms with E-state index in [0.717, 1.165) is 19.6 Å². The number of carbonyl (C=O) groups excluding carboxylic acids is 3. The second-order valence-corrected chi connectivity index (χ2v) is 8.29. The number of hydrogen-bond acceptors (Lipinski definition) is 5. The second-order valence-electron chi connectivity index (χ2n) is 8.29. The summed E-state index contributed by atoms with van der Waals surface area (Å²) in [7, 11) is 0. The van der Waals surface area contributed by atoms with Gasteiger partial charge < -0.3 is 19.7 Å². The van der Waals surface area contributed by atoms with Crippen molar-refractivity contribution in [3.05, 3.63) is 42.0 Å². The largest absolute Gasteiger partial charge is 0.351 e. The average molecular weight is 414 g/mol. The lowest BCUT2D eigenvalue weighted by Gasteiger charge is -2.36. The van der Waals surface area contributed by atoms with Crippen LogP contribution in [0.1, 0.15) is 25.8 Å². The van der Waals surface area contributed by atoms with Gasteiger partial charge >= 0.3 is 0 Å². The summed E-state index contributed by atoms with van der Waals surface area (Å²) in [6, 6.07) is 9.59. The fraction of sp³-hybridized carbons (Fsp3) is 0.522. The highest BCUT2D eigenvalue weighted by Gasteiger charge is 2.46. The molecule has 2 heterocycles. The summed E-state index contributed by atoms with van der Waals surface area (Å²) in [6.07, 6.45) is 4.01. The second kappa shape index (κ2) is 10.5. The van der Waals surface area contributed by atoms with E-state index in [4.69, 9.17) is 4.74 Å². The fourth-order valence-electron chi connectivity index (χ4n) is 3.66. The van der Waals surface area contributed by atoms with Gasteiger partial charge in [0.25, 0.3) is 5.91 Å². The van der Waals surface area contributed by atoms with E-state index in [0.29, 0.717) is 25.8 Å². The molecule has 2 saturated heterocycles. The van der Waals surface area contributed by atoms with E-state index in [1.807, 2.05) is 36.9 Å². The summed E-state index contributed by atoms with van der Waals surface area (Å²) in [5, 5.41) is 2.80. The molecule has 2 amide bonds. The molecule has 3 atom stereocenters. The van der Waals surface area contributed by atoms with Crippen LogP contribution in [0.15, 0.2) is 36.4 Å². The molecule has 0 aliphatic carbocycles. The summed E-state index contributed by atoms with van der Waals surface area (Å²) < 4.78 is 5.02. The van der Waals surface area contributed by atoms with Crippen molar-refractivity contribution >= 4 is 24.2 Å². The molecule has 1 N–H and O–H groups in total. The summed E-state index contributed by atoms with van der Waals surface area (Å²) in [6.45, 7) is 7.75. The van der Waals surface area contributed by atoms with Gasteiger partial charge in [-0.05, 0) is 17.9 Å². The van der Waals surface area contributed by atoms with E-state index in [-0.39, 0.29) is 17.7 Å². The number of carbonyl (C=O) groups is 3. The molecule has 2 fully saturated rings. The first-order chi connectivity index (χ1) is 14.5. The van der Waals surface area contributed by atoms with Crippen LogP contribution in [0, 0.1) is 5.92 Å². The van der Waals surface area contributed by atoms with E-state index in [1.165, 1.54) is 5.56 Å². The molecule has 0 saturated carbocycles. The quantitative estimate of drug-likeness (QED) is 0.488. The van der Waals surface area contributed by atoms with Crippen molar-refractivity contribution in [2.75, 3.05) is 32.7 Å². The fourth-order valence-corrected chi connectivity index (χ4v) is 3.66. The number of rotatable bonds is 9. The Morgan fingerprint density at radius 3 is 2.47 bits per heavy atom. The molecule has 0 spiro atoms. The van der Waals surface area contributed by atoms with Gasteiger partial charge in [-0.25, -0.2) is 0 Å². The molecule has 2 aliphatic rings. The van der Waals surface area contributed by atoms with Gasteiger partial charge in [-0.15, -0.1) is 0 Å². The van der Waals surface area contributed by atoms with Crippen molar-refractivity contribution in [2.45, 2.75) is 38.5 Å². The van der Waals surface area contributed by atoms with Gasteiger partial charge in [-0.3, -0.25) is 14.5 Å². The van der Waals surface area contributed by atoms with E-state index in [2.05, 4.69) is 34.5 Å². The maximum absolute atomic E-state index is 13.0. The predicted molar refractivity (Wildman–Crippen MR) is 115 cm³/mol. The van der Waals surface area contributed by atoms with Gasteiger partial charge in [0.2, 0.25) is 5.91 Å². The van der Waals surface area contributed by atoms with Crippen LogP contribution < -0.4 is 5.32 Å². The molecule has 2 aliphatic heterocycles. The highest BCUT2D eigenvalue weighted by Crippen LogP contribution is 2.20. The maximum Gasteiger partial charge on any atom is 0.253 e. The Balaban J connectivity index is 1.48. The zero-order valence-corrected chi connectivity index (χ0v) is 17.7. The average Bonchev–Trinajstić information content (AvgIpc) is 3.54. The van der Waals surface area contributed by atoms with Crippen LogP contribution in [0.2, 0.25) is 0 Å². The Kier molecular flexibility index (Phi) is 7.76. The lowest BCUT2D eigenvalue weighted by molar-refractivity contribution is -0.138. The number of amides is 2. The highest BCUT2D eigenvalue weighted by atomic mass is 16.6. The third-order valence-electron chi connectivity index (χ3n) is 5.40. The number of nitrogens with one attached hydrogen (secondary N) is 1. The number of epoxide rings is 1. The SMILES string of the molecule is CC(C)C[C@H](NC(=O)C1OC1C=O)C(=O)N1CCN(CC=Cc2ccccc2)CC1. The van der Waals surface area contributed by atoms with Gasteiger partial charge in [0.05, 0.1) is 0 Å². The van der Waals surface area contributed by atoms with Crippen LogP contribution in [-0.2, 0) is 19.1 Å². The van der Waals surface area contributed by atoms with Crippen molar-refractivity contribution in [3.63, 3.8) is 0 Å². The van der Waals surface area contributed by atoms with Gasteiger partial charge in [-0.1, -0.05) is 56.3 Å². The van der Waals surface area contributed by atoms with E-state index in [1.54, 1.807) is 0 Å². The molecule has 1 aromatic rings. The van der Waals surface area contributed by atoms with Crippen LogP contribution in [0.5, 0.6) is 0 Å². The lowest BCUT2D eigenvalue weighted by atomic mass is 10.0. The molecular formula is C23H31N3O4. The molecular weight excluding hydrogens is 382 g/mol. The summed E-state index contributed by atoms with van der Waals surface area (Å²) >= 11 is 0. The molecule has 0 radical (unpaired) electrons. The Hall–Kier alpha value is -2.51. The van der Waals surface area contributed by atoms with Crippen LogP contribution in [0.3, 0.4) is 0 Å². The Bertz CT molecular complexity index is 757. The first kappa shape index (κ1) is 22.2. The van der Waals surface area contributed by atoms with Gasteiger partial charge in [-0.2, -0.15) is 0 Å². The van der Waals surface area contributed by atoms with E-state index in [9.17, 15) is 14.4 Å². The minimum Gasteiger partial charge on any atom is -0.351 e. The van der Waals surface area contributed by atoms with Crippen molar-refractivity contribution in [3.8, 4) is 0 Å². The zero-order valence-electron chi connectivity index (χ0n) is 17.7. The molecule has 7 heteroatoms. The number of hydrogen-bond donors (Lipinski definition) is 1. The van der Waals surface area contributed by atoms with Crippen LogP contribution in [-0.4, -0.2) is 78.9 Å². The monoisotopic (exact) mass is 413 g/mol. The molecule has 30 heavy (non-hydrogen) atoms. The van der Waals surface area contributed by atoms with Gasteiger partial charge in [0.1, 0.15) is 12.1 Å². The minimum atomic E-state index is -0.752. The van der Waals surface area contributed by atoms with Crippen molar-refractivity contribution in [1.29, 1.82) is 0 Å². The molecule has 0 bridgehead atoms. The van der Waals surface area contributed by atoms with E-state index < -0.39 is 18.2 Å². The lowest BCUT2D eigenvalue weighted by Crippen LogP contribution is -2.55. The number of ether oxygens (including phenoxy) is 1. The summed E-state index contributed by atoms with van der Waals surface area (Å²) in [5.41, 5.74) is 1.18. The number of benzene rings is 1. The summed E-state index contributed by atoms with van der Waals surface area (Å²) in [4.78, 5) is 40.2. The molecule has 7 nitrogen and oxygen atoms in total. The zero-order chi connectivity index (χ0) is 21.5. The van der Waals surface area contributed by atoms with Gasteiger partial charge in [0, 0.05) is 32.7 Å². The Morgan fingerprint density at radius 1 is 1.17 bits per heavy atom. The maximum atomic E-state index is 13.0. The molecule has 3 rings (SSSR count). The van der Waals surface area contributed by atoms with Crippen molar-refractivity contribution in [1.82, 2.24) is 15.1 Å². The molecule has 162 valence electrons. The van der Waals surface area contributed by atoms with Crippen molar-refractivity contribution in [2.24, 2.45) is 5.92 Å². The third-order valence-corrected chi connectivity index (χ3v) is 5.40. The number of nitrogens with zero attached hydrogens (tertiary/aromatic N) is 2. The number of piperazine rings is 1. The first-order valence-electron chi connectivity index (χ1n) is 10.6. The standard InChI is InChI=1S/C23H31N3O4/c1-17(2)15-19(24-22(28)21-20(16-27)30-21)23(29)26-13-11-25(12-14-26)10-6-9-18-7-4-3-5-8-18/h3-9,16-17,19-21H,10-15H2,1-2H3,(H,24,28)/t19-,20?,21?/m0/s1. The van der Waals surface area contributed by atoms with Crippen molar-refractivity contribution < 1.29 is 19.1 Å². The summed E-state index contributed by atoms with van der Waals surface area (Å²) in [5.74, 6) is -0.179. The molecule has 1 aromatic carbocycles. The Morgan fingerprint density at radius 2 is 1.87 bits per heavy atom. The highest BCUT2D eigenvalue weighted by molar-refractivity contribution is 5.93. The molecule has 0 aromatic heterocycles. The Labute approximate surface area is 178 Å². The predicted octanol–water partition coefficient (Wildman–Crippen LogP) is 1.34. The minimum absolute atomic E-state index is 0.0557. The molecule has 2 unspecified atom stereocenters. The van der Waals surface area contributed by atoms with E-state index >= 15 is 0 Å². The van der Waals surface area contributed by atoms with Crippen LogP contribution in [0.25, 0.3) is 6.08 Å². The normalized spacial score (nSPS) is 22.8. The first-order valence-corrected chi connectivity index (χ1v) is 10.6.